The van der Waals surface area contributed by atoms with Crippen molar-refractivity contribution in [1.82, 2.24) is 5.32 Å². The lowest BCUT2D eigenvalue weighted by Gasteiger charge is -2.14. The van der Waals surface area contributed by atoms with Crippen LogP contribution in [0.5, 0.6) is 0 Å². The largest absolute Gasteiger partial charge is 0.466 e. The molecule has 1 aromatic carbocycles. The molecule has 0 aliphatic carbocycles. The summed E-state index contributed by atoms with van der Waals surface area (Å²) in [6.45, 7) is 6.40. The normalized spacial score (nSPS) is 12.2. The Balaban J connectivity index is 2.73. The summed E-state index contributed by atoms with van der Waals surface area (Å²) >= 11 is 0. The summed E-state index contributed by atoms with van der Waals surface area (Å²) in [6, 6.07) is 7.07. The maximum Gasteiger partial charge on any atom is 0.307 e. The third-order valence-electron chi connectivity index (χ3n) is 3.22. The fraction of sp³-hybridized carbons (Fsp3) is 0.529. The highest BCUT2D eigenvalue weighted by molar-refractivity contribution is 6.01. The molecule has 1 aromatic rings. The van der Waals surface area contributed by atoms with E-state index in [0.29, 0.717) is 18.1 Å². The minimum Gasteiger partial charge on any atom is -0.466 e. The van der Waals surface area contributed by atoms with Crippen LogP contribution in [-0.2, 0) is 16.0 Å². The van der Waals surface area contributed by atoms with Crippen molar-refractivity contribution in [1.29, 1.82) is 0 Å². The SMILES string of the molecule is CCOC(=O)CC(NC)C(=O)c1ccc(CC(C)C)cc1. The van der Waals surface area contributed by atoms with Crippen LogP contribution in [0.4, 0.5) is 0 Å². The van der Waals surface area contributed by atoms with Gasteiger partial charge in [-0.25, -0.2) is 0 Å². The first-order valence-electron chi connectivity index (χ1n) is 7.44. The topological polar surface area (TPSA) is 55.4 Å². The summed E-state index contributed by atoms with van der Waals surface area (Å²) < 4.78 is 4.89. The Morgan fingerprint density at radius 1 is 1.19 bits per heavy atom. The fourth-order valence-corrected chi connectivity index (χ4v) is 2.19. The van der Waals surface area contributed by atoms with Crippen molar-refractivity contribution < 1.29 is 14.3 Å². The van der Waals surface area contributed by atoms with Crippen molar-refractivity contribution in [2.45, 2.75) is 39.7 Å². The fourth-order valence-electron chi connectivity index (χ4n) is 2.19. The molecular weight excluding hydrogens is 266 g/mol. The minimum atomic E-state index is -0.542. The Kier molecular flexibility index (Phi) is 7.09. The lowest BCUT2D eigenvalue weighted by Crippen LogP contribution is -2.36. The second-order valence-corrected chi connectivity index (χ2v) is 5.51. The van der Waals surface area contributed by atoms with E-state index in [1.165, 1.54) is 5.56 Å². The van der Waals surface area contributed by atoms with Gasteiger partial charge >= 0.3 is 5.97 Å². The highest BCUT2D eigenvalue weighted by Crippen LogP contribution is 2.12. The molecule has 1 unspecified atom stereocenters. The first-order valence-corrected chi connectivity index (χ1v) is 7.44. The third-order valence-corrected chi connectivity index (χ3v) is 3.22. The van der Waals surface area contributed by atoms with Gasteiger partial charge in [0.15, 0.2) is 5.78 Å². The smallest absolute Gasteiger partial charge is 0.307 e. The molecule has 21 heavy (non-hydrogen) atoms. The van der Waals surface area contributed by atoms with Gasteiger partial charge in [0.05, 0.1) is 19.1 Å². The van der Waals surface area contributed by atoms with Crippen molar-refractivity contribution >= 4 is 11.8 Å². The summed E-state index contributed by atoms with van der Waals surface area (Å²) in [5.41, 5.74) is 1.83. The van der Waals surface area contributed by atoms with E-state index < -0.39 is 6.04 Å². The number of carbonyl (C=O) groups is 2. The number of likely N-dealkylation sites (N-methyl/N-ethyl adjacent to an activating group) is 1. The van der Waals surface area contributed by atoms with Crippen LogP contribution in [0.15, 0.2) is 24.3 Å². The Bertz CT molecular complexity index is 465. The van der Waals surface area contributed by atoms with Crippen LogP contribution in [0.25, 0.3) is 0 Å². The maximum atomic E-state index is 12.4. The van der Waals surface area contributed by atoms with Crippen LogP contribution >= 0.6 is 0 Å². The molecule has 116 valence electrons. The molecule has 0 spiro atoms. The van der Waals surface area contributed by atoms with E-state index in [1.807, 2.05) is 24.3 Å². The average molecular weight is 291 g/mol. The summed E-state index contributed by atoms with van der Waals surface area (Å²) in [4.78, 5) is 23.9. The number of benzene rings is 1. The van der Waals surface area contributed by atoms with Crippen LogP contribution in [0, 0.1) is 5.92 Å². The van der Waals surface area contributed by atoms with Crippen molar-refractivity contribution in [2.24, 2.45) is 5.92 Å². The highest BCUT2D eigenvalue weighted by atomic mass is 16.5. The molecule has 0 amide bonds. The molecule has 0 saturated heterocycles. The van der Waals surface area contributed by atoms with Crippen LogP contribution in [-0.4, -0.2) is 31.4 Å². The van der Waals surface area contributed by atoms with Gasteiger partial charge in [0.25, 0.3) is 0 Å². The first kappa shape index (κ1) is 17.4. The molecule has 0 aliphatic heterocycles. The Morgan fingerprint density at radius 2 is 1.81 bits per heavy atom. The molecule has 4 heteroatoms. The molecule has 0 radical (unpaired) electrons. The monoisotopic (exact) mass is 291 g/mol. The molecule has 0 aliphatic rings. The second-order valence-electron chi connectivity index (χ2n) is 5.51. The van der Waals surface area contributed by atoms with E-state index in [2.05, 4.69) is 19.2 Å². The highest BCUT2D eigenvalue weighted by Gasteiger charge is 2.22. The van der Waals surface area contributed by atoms with E-state index in [0.717, 1.165) is 6.42 Å². The van der Waals surface area contributed by atoms with Crippen LogP contribution in [0.3, 0.4) is 0 Å². The van der Waals surface area contributed by atoms with Crippen molar-refractivity contribution in [3.05, 3.63) is 35.4 Å². The van der Waals surface area contributed by atoms with E-state index >= 15 is 0 Å². The molecule has 1 N–H and O–H groups in total. The molecule has 0 saturated carbocycles. The van der Waals surface area contributed by atoms with Crippen LogP contribution in [0.1, 0.15) is 43.1 Å². The lowest BCUT2D eigenvalue weighted by atomic mass is 9.97. The van der Waals surface area contributed by atoms with E-state index in [9.17, 15) is 9.59 Å². The van der Waals surface area contributed by atoms with Crippen molar-refractivity contribution in [2.75, 3.05) is 13.7 Å². The van der Waals surface area contributed by atoms with E-state index in [4.69, 9.17) is 4.74 Å². The number of rotatable bonds is 8. The number of Topliss-reactive ketones (excluding diaryl/α,β-unsaturated/α-hetero) is 1. The molecule has 1 rings (SSSR count). The number of ether oxygens (including phenoxy) is 1. The van der Waals surface area contributed by atoms with Gasteiger partial charge in [0, 0.05) is 5.56 Å². The van der Waals surface area contributed by atoms with Gasteiger partial charge in [-0.15, -0.1) is 0 Å². The number of carbonyl (C=O) groups excluding carboxylic acids is 2. The maximum absolute atomic E-state index is 12.4. The zero-order valence-corrected chi connectivity index (χ0v) is 13.3. The quantitative estimate of drug-likeness (QED) is 0.591. The molecule has 4 nitrogen and oxygen atoms in total. The summed E-state index contributed by atoms with van der Waals surface area (Å²) in [5.74, 6) is 0.142. The molecular formula is C17H25NO3. The first-order chi connectivity index (χ1) is 9.97. The molecule has 0 heterocycles. The number of nitrogens with one attached hydrogen (secondary N) is 1. The van der Waals surface area contributed by atoms with Gasteiger partial charge in [-0.05, 0) is 31.9 Å². The number of hydrogen-bond acceptors (Lipinski definition) is 4. The predicted molar refractivity (Wildman–Crippen MR) is 83.4 cm³/mol. The van der Waals surface area contributed by atoms with Crippen LogP contribution < -0.4 is 5.32 Å². The van der Waals surface area contributed by atoms with Crippen molar-refractivity contribution in [3.63, 3.8) is 0 Å². The summed E-state index contributed by atoms with van der Waals surface area (Å²) in [6.07, 6.45) is 1.05. The van der Waals surface area contributed by atoms with Crippen LogP contribution in [0.2, 0.25) is 0 Å². The average Bonchev–Trinajstić information content (AvgIpc) is 2.44. The molecule has 0 aromatic heterocycles. The Hall–Kier alpha value is -1.68. The van der Waals surface area contributed by atoms with E-state index in [-0.39, 0.29) is 18.2 Å². The lowest BCUT2D eigenvalue weighted by molar-refractivity contribution is -0.143. The Morgan fingerprint density at radius 3 is 2.29 bits per heavy atom. The van der Waals surface area contributed by atoms with Gasteiger partial charge < -0.3 is 10.1 Å². The zero-order chi connectivity index (χ0) is 15.8. The second kappa shape index (κ2) is 8.57. The van der Waals surface area contributed by atoms with Crippen molar-refractivity contribution in [3.8, 4) is 0 Å². The number of hydrogen-bond donors (Lipinski definition) is 1. The van der Waals surface area contributed by atoms with Gasteiger partial charge in [-0.3, -0.25) is 9.59 Å². The minimum absolute atomic E-state index is 0.0525. The molecule has 0 fully saturated rings. The summed E-state index contributed by atoms with van der Waals surface area (Å²) in [7, 11) is 1.68. The predicted octanol–water partition coefficient (Wildman–Crippen LogP) is 2.61. The van der Waals surface area contributed by atoms with Gasteiger partial charge in [0.1, 0.15) is 0 Å². The molecule has 0 bridgehead atoms. The zero-order valence-electron chi connectivity index (χ0n) is 13.3. The Labute approximate surface area is 126 Å². The van der Waals surface area contributed by atoms with Gasteiger partial charge in [0.2, 0.25) is 0 Å². The molecule has 1 atom stereocenters. The number of esters is 1. The third kappa shape index (κ3) is 5.68. The number of ketones is 1. The van der Waals surface area contributed by atoms with E-state index in [1.54, 1.807) is 14.0 Å². The van der Waals surface area contributed by atoms with Gasteiger partial charge in [-0.2, -0.15) is 0 Å². The summed E-state index contributed by atoms with van der Waals surface area (Å²) in [5, 5.41) is 2.89. The van der Waals surface area contributed by atoms with Gasteiger partial charge in [-0.1, -0.05) is 38.1 Å². The standard InChI is InChI=1S/C17H25NO3/c1-5-21-16(19)11-15(18-4)17(20)14-8-6-13(7-9-14)10-12(2)3/h6-9,12,15,18H,5,10-11H2,1-4H3.